The summed E-state index contributed by atoms with van der Waals surface area (Å²) in [4.78, 5) is 8.40. The van der Waals surface area contributed by atoms with Crippen molar-refractivity contribution in [2.75, 3.05) is 24.6 Å². The Bertz CT molecular complexity index is 671. The molecule has 0 bridgehead atoms. The topological polar surface area (TPSA) is 52.4 Å². The Morgan fingerprint density at radius 3 is 2.80 bits per heavy atom. The highest BCUT2D eigenvalue weighted by Crippen LogP contribution is 2.35. The fourth-order valence-electron chi connectivity index (χ4n) is 3.62. The number of pyridine rings is 1. The number of halogens is 3. The monoisotopic (exact) mass is 354 g/mol. The molecule has 2 aliphatic heterocycles. The number of rotatable bonds is 2. The lowest BCUT2D eigenvalue weighted by Gasteiger charge is -2.47. The van der Waals surface area contributed by atoms with Crippen LogP contribution in [-0.4, -0.2) is 47.7 Å². The molecule has 0 aliphatic carbocycles. The average Bonchev–Trinajstić information content (AvgIpc) is 2.72. The molecule has 0 aromatic carbocycles. The van der Waals surface area contributed by atoms with E-state index in [0.717, 1.165) is 12.3 Å². The SMILES string of the molecule is CC(C)N1C[C@@H]2COCc3cc(C(F)(F)F)cnc3N2C[C@H]1CC#N. The van der Waals surface area contributed by atoms with Crippen LogP contribution in [0.2, 0.25) is 0 Å². The first-order chi connectivity index (χ1) is 11.8. The Kier molecular flexibility index (Phi) is 4.89. The van der Waals surface area contributed by atoms with Crippen molar-refractivity contribution < 1.29 is 17.9 Å². The molecule has 1 aromatic heterocycles. The van der Waals surface area contributed by atoms with E-state index in [9.17, 15) is 13.2 Å². The van der Waals surface area contributed by atoms with E-state index in [2.05, 4.69) is 29.8 Å². The third kappa shape index (κ3) is 3.58. The van der Waals surface area contributed by atoms with Gasteiger partial charge >= 0.3 is 6.18 Å². The predicted octanol–water partition coefficient (Wildman–Crippen LogP) is 2.81. The highest BCUT2D eigenvalue weighted by Gasteiger charge is 2.39. The summed E-state index contributed by atoms with van der Waals surface area (Å²) in [5.74, 6) is 0.543. The molecule has 0 unspecified atom stereocenters. The van der Waals surface area contributed by atoms with E-state index in [1.54, 1.807) is 0 Å². The highest BCUT2D eigenvalue weighted by molar-refractivity contribution is 5.51. The zero-order chi connectivity index (χ0) is 18.2. The van der Waals surface area contributed by atoms with Gasteiger partial charge in [-0.2, -0.15) is 18.4 Å². The van der Waals surface area contributed by atoms with E-state index in [4.69, 9.17) is 10.00 Å². The van der Waals surface area contributed by atoms with Gasteiger partial charge in [-0.1, -0.05) is 0 Å². The molecule has 136 valence electrons. The van der Waals surface area contributed by atoms with Crippen molar-refractivity contribution >= 4 is 5.82 Å². The summed E-state index contributed by atoms with van der Waals surface area (Å²) >= 11 is 0. The quantitative estimate of drug-likeness (QED) is 0.817. The number of nitriles is 1. The van der Waals surface area contributed by atoms with Crippen molar-refractivity contribution in [2.24, 2.45) is 0 Å². The van der Waals surface area contributed by atoms with Crippen LogP contribution < -0.4 is 4.90 Å². The number of fused-ring (bicyclic) bond motifs is 3. The van der Waals surface area contributed by atoms with Crippen molar-refractivity contribution in [3.8, 4) is 6.07 Å². The summed E-state index contributed by atoms with van der Waals surface area (Å²) in [6.45, 7) is 5.97. The molecular weight excluding hydrogens is 333 g/mol. The van der Waals surface area contributed by atoms with Crippen LogP contribution in [0.4, 0.5) is 19.0 Å². The second-order valence-electron chi connectivity index (χ2n) is 6.83. The summed E-state index contributed by atoms with van der Waals surface area (Å²) in [7, 11) is 0. The number of alkyl halides is 3. The molecule has 0 N–H and O–H groups in total. The van der Waals surface area contributed by atoms with E-state index in [1.165, 1.54) is 0 Å². The first-order valence-electron chi connectivity index (χ1n) is 8.34. The summed E-state index contributed by atoms with van der Waals surface area (Å²) < 4.78 is 44.5. The number of aromatic nitrogens is 1. The first kappa shape index (κ1) is 18.0. The molecule has 2 aliphatic rings. The van der Waals surface area contributed by atoms with E-state index < -0.39 is 11.7 Å². The lowest BCUT2D eigenvalue weighted by atomic mass is 10.0. The third-order valence-corrected chi connectivity index (χ3v) is 4.84. The molecule has 1 saturated heterocycles. The van der Waals surface area contributed by atoms with Crippen LogP contribution in [0.15, 0.2) is 12.3 Å². The predicted molar refractivity (Wildman–Crippen MR) is 85.9 cm³/mol. The van der Waals surface area contributed by atoms with E-state index in [-0.39, 0.29) is 24.7 Å². The molecule has 5 nitrogen and oxygen atoms in total. The van der Waals surface area contributed by atoms with Gasteiger partial charge in [0.15, 0.2) is 0 Å². The minimum Gasteiger partial charge on any atom is -0.374 e. The van der Waals surface area contributed by atoms with Crippen LogP contribution in [0, 0.1) is 11.3 Å². The van der Waals surface area contributed by atoms with Crippen LogP contribution in [0.1, 0.15) is 31.4 Å². The fraction of sp³-hybridized carbons (Fsp3) is 0.647. The number of nitrogens with zero attached hydrogens (tertiary/aromatic N) is 4. The number of piperazine rings is 1. The molecule has 0 radical (unpaired) electrons. The molecule has 2 atom stereocenters. The Balaban J connectivity index is 1.94. The Morgan fingerprint density at radius 2 is 2.16 bits per heavy atom. The van der Waals surface area contributed by atoms with Gasteiger partial charge in [0, 0.05) is 36.9 Å². The second-order valence-corrected chi connectivity index (χ2v) is 6.83. The van der Waals surface area contributed by atoms with Gasteiger partial charge in [0.05, 0.1) is 37.3 Å². The van der Waals surface area contributed by atoms with Gasteiger partial charge in [0.1, 0.15) is 5.82 Å². The minimum atomic E-state index is -4.42. The molecule has 1 aromatic rings. The molecule has 0 amide bonds. The zero-order valence-electron chi connectivity index (χ0n) is 14.3. The van der Waals surface area contributed by atoms with Crippen molar-refractivity contribution in [1.82, 2.24) is 9.88 Å². The Morgan fingerprint density at radius 1 is 1.40 bits per heavy atom. The minimum absolute atomic E-state index is 0.0165. The summed E-state index contributed by atoms with van der Waals surface area (Å²) in [6.07, 6.45) is -3.17. The number of ether oxygens (including phenoxy) is 1. The van der Waals surface area contributed by atoms with E-state index in [1.807, 2.05) is 4.90 Å². The van der Waals surface area contributed by atoms with E-state index in [0.29, 0.717) is 37.5 Å². The lowest BCUT2D eigenvalue weighted by molar-refractivity contribution is -0.137. The Labute approximate surface area is 145 Å². The van der Waals surface area contributed by atoms with Gasteiger partial charge in [-0.15, -0.1) is 0 Å². The maximum absolute atomic E-state index is 13.0. The van der Waals surface area contributed by atoms with Crippen LogP contribution in [-0.2, 0) is 17.5 Å². The summed E-state index contributed by atoms with van der Waals surface area (Å²) in [5.41, 5.74) is -0.311. The normalized spacial score (nSPS) is 24.4. The largest absolute Gasteiger partial charge is 0.417 e. The molecule has 1 fully saturated rings. The number of hydrogen-bond acceptors (Lipinski definition) is 5. The molecule has 25 heavy (non-hydrogen) atoms. The second kappa shape index (κ2) is 6.81. The Hall–Kier alpha value is -1.85. The summed E-state index contributed by atoms with van der Waals surface area (Å²) in [5, 5.41) is 9.13. The van der Waals surface area contributed by atoms with Gasteiger partial charge in [0.2, 0.25) is 0 Å². The van der Waals surface area contributed by atoms with Gasteiger partial charge in [0.25, 0.3) is 0 Å². The van der Waals surface area contributed by atoms with Gasteiger partial charge in [-0.3, -0.25) is 4.90 Å². The smallest absolute Gasteiger partial charge is 0.374 e. The molecule has 8 heteroatoms. The van der Waals surface area contributed by atoms with Crippen LogP contribution in [0.5, 0.6) is 0 Å². The van der Waals surface area contributed by atoms with Gasteiger partial charge in [-0.05, 0) is 19.9 Å². The fourth-order valence-corrected chi connectivity index (χ4v) is 3.62. The molecule has 0 spiro atoms. The maximum Gasteiger partial charge on any atom is 0.417 e. The standard InChI is InChI=1S/C17H21F3N4O/c1-11(2)23-8-15-10-25-9-12-5-13(17(18,19)20)6-22-16(12)24(15)7-14(23)3-4-21/h5-6,11,14-15H,3,7-10H2,1-2H3/t14-,15-/m1/s1. The van der Waals surface area contributed by atoms with Crippen LogP contribution in [0.25, 0.3) is 0 Å². The number of anilines is 1. The van der Waals surface area contributed by atoms with E-state index >= 15 is 0 Å². The van der Waals surface area contributed by atoms with Crippen molar-refractivity contribution in [3.63, 3.8) is 0 Å². The maximum atomic E-state index is 13.0. The van der Waals surface area contributed by atoms with Crippen LogP contribution >= 0.6 is 0 Å². The molecule has 3 heterocycles. The van der Waals surface area contributed by atoms with Gasteiger partial charge < -0.3 is 9.64 Å². The first-order valence-corrected chi connectivity index (χ1v) is 8.34. The van der Waals surface area contributed by atoms with Crippen molar-refractivity contribution in [2.45, 2.75) is 51.2 Å². The van der Waals surface area contributed by atoms with Crippen molar-refractivity contribution in [1.29, 1.82) is 5.26 Å². The average molecular weight is 354 g/mol. The third-order valence-electron chi connectivity index (χ3n) is 4.84. The molecule has 3 rings (SSSR count). The molecule has 0 saturated carbocycles. The summed E-state index contributed by atoms with van der Waals surface area (Å²) in [6, 6.07) is 3.66. The van der Waals surface area contributed by atoms with Crippen LogP contribution in [0.3, 0.4) is 0 Å². The zero-order valence-corrected chi connectivity index (χ0v) is 14.3. The highest BCUT2D eigenvalue weighted by atomic mass is 19.4. The molecular formula is C17H21F3N4O. The lowest BCUT2D eigenvalue weighted by Crippen LogP contribution is -2.61. The number of hydrogen-bond donors (Lipinski definition) is 0. The van der Waals surface area contributed by atoms with Crippen molar-refractivity contribution in [3.05, 3.63) is 23.4 Å². The van der Waals surface area contributed by atoms with Gasteiger partial charge in [-0.25, -0.2) is 4.98 Å².